The van der Waals surface area contributed by atoms with Gasteiger partial charge in [0.1, 0.15) is 0 Å². The van der Waals surface area contributed by atoms with E-state index in [2.05, 4.69) is 30.2 Å². The van der Waals surface area contributed by atoms with E-state index in [4.69, 9.17) is 5.11 Å². The zero-order chi connectivity index (χ0) is 12.0. The van der Waals surface area contributed by atoms with Crippen molar-refractivity contribution in [3.05, 3.63) is 24.0 Å². The lowest BCUT2D eigenvalue weighted by Gasteiger charge is -2.24. The molecule has 1 rings (SSSR count). The fourth-order valence-corrected chi connectivity index (χ4v) is 1.61. The van der Waals surface area contributed by atoms with E-state index in [0.717, 1.165) is 13.1 Å². The Morgan fingerprint density at radius 2 is 2.31 bits per heavy atom. The summed E-state index contributed by atoms with van der Waals surface area (Å²) in [6.07, 6.45) is 2.83. The van der Waals surface area contributed by atoms with Gasteiger partial charge in [-0.25, -0.2) is 0 Å². The van der Waals surface area contributed by atoms with Crippen molar-refractivity contribution < 1.29 is 9.90 Å². The first-order chi connectivity index (χ1) is 7.52. The third-order valence-corrected chi connectivity index (χ3v) is 2.64. The molecule has 1 aromatic rings. The van der Waals surface area contributed by atoms with Crippen molar-refractivity contribution in [2.45, 2.75) is 32.1 Å². The molecule has 16 heavy (non-hydrogen) atoms. The summed E-state index contributed by atoms with van der Waals surface area (Å²) in [5, 5.41) is 11.8. The number of nitrogens with one attached hydrogen (secondary N) is 2. The number of H-pyrrole nitrogens is 1. The van der Waals surface area contributed by atoms with Gasteiger partial charge in [0, 0.05) is 30.3 Å². The zero-order valence-corrected chi connectivity index (χ0v) is 9.92. The summed E-state index contributed by atoms with van der Waals surface area (Å²) in [4.78, 5) is 13.5. The standard InChI is InChI=1S/C12H20N2O2/c1-12(2,10-5-3-8-14-10)9-13-7-4-6-11(15)16/h3,5,8,13-14H,4,6-7,9H2,1-2H3,(H,15,16). The Bertz CT molecular complexity index is 318. The first kappa shape index (κ1) is 12.8. The second-order valence-corrected chi connectivity index (χ2v) is 4.64. The maximum absolute atomic E-state index is 10.3. The molecule has 1 aromatic heterocycles. The van der Waals surface area contributed by atoms with Crippen molar-refractivity contribution >= 4 is 5.97 Å². The van der Waals surface area contributed by atoms with Crippen LogP contribution in [0.2, 0.25) is 0 Å². The molecule has 0 atom stereocenters. The molecule has 0 bridgehead atoms. The lowest BCUT2D eigenvalue weighted by atomic mass is 9.89. The molecule has 90 valence electrons. The van der Waals surface area contributed by atoms with E-state index in [0.29, 0.717) is 6.42 Å². The van der Waals surface area contributed by atoms with Crippen LogP contribution in [0.4, 0.5) is 0 Å². The molecular weight excluding hydrogens is 204 g/mol. The number of carbonyl (C=O) groups is 1. The molecule has 0 aliphatic carbocycles. The minimum Gasteiger partial charge on any atom is -0.481 e. The summed E-state index contributed by atoms with van der Waals surface area (Å²) in [6.45, 7) is 5.90. The number of hydrogen-bond acceptors (Lipinski definition) is 2. The predicted octanol–water partition coefficient (Wildman–Crippen LogP) is 1.75. The van der Waals surface area contributed by atoms with E-state index in [9.17, 15) is 4.79 Å². The molecule has 0 aliphatic rings. The highest BCUT2D eigenvalue weighted by Crippen LogP contribution is 2.19. The predicted molar refractivity (Wildman–Crippen MR) is 63.6 cm³/mol. The Balaban J connectivity index is 2.24. The van der Waals surface area contributed by atoms with Gasteiger partial charge in [-0.3, -0.25) is 4.79 Å². The van der Waals surface area contributed by atoms with Gasteiger partial charge in [-0.15, -0.1) is 0 Å². The van der Waals surface area contributed by atoms with Crippen LogP contribution >= 0.6 is 0 Å². The number of aromatic nitrogens is 1. The smallest absolute Gasteiger partial charge is 0.303 e. The van der Waals surface area contributed by atoms with E-state index >= 15 is 0 Å². The normalized spacial score (nSPS) is 11.6. The van der Waals surface area contributed by atoms with Crippen molar-refractivity contribution in [1.82, 2.24) is 10.3 Å². The third-order valence-electron chi connectivity index (χ3n) is 2.64. The third kappa shape index (κ3) is 4.06. The fourth-order valence-electron chi connectivity index (χ4n) is 1.61. The van der Waals surface area contributed by atoms with Crippen LogP contribution in [0.1, 0.15) is 32.4 Å². The van der Waals surface area contributed by atoms with Gasteiger partial charge in [-0.1, -0.05) is 13.8 Å². The van der Waals surface area contributed by atoms with Crippen LogP contribution in [0.3, 0.4) is 0 Å². The highest BCUT2D eigenvalue weighted by molar-refractivity contribution is 5.66. The van der Waals surface area contributed by atoms with Gasteiger partial charge < -0.3 is 15.4 Å². The largest absolute Gasteiger partial charge is 0.481 e. The molecule has 0 fully saturated rings. The second kappa shape index (κ2) is 5.70. The number of rotatable bonds is 7. The Morgan fingerprint density at radius 1 is 1.56 bits per heavy atom. The molecule has 0 radical (unpaired) electrons. The van der Waals surface area contributed by atoms with Crippen molar-refractivity contribution in [3.63, 3.8) is 0 Å². The first-order valence-electron chi connectivity index (χ1n) is 5.59. The van der Waals surface area contributed by atoms with Gasteiger partial charge >= 0.3 is 5.97 Å². The minimum absolute atomic E-state index is 0.0483. The van der Waals surface area contributed by atoms with Crippen molar-refractivity contribution in [2.24, 2.45) is 0 Å². The lowest BCUT2D eigenvalue weighted by molar-refractivity contribution is -0.137. The van der Waals surface area contributed by atoms with Crippen LogP contribution in [0, 0.1) is 0 Å². The number of hydrogen-bond donors (Lipinski definition) is 3. The Morgan fingerprint density at radius 3 is 2.88 bits per heavy atom. The fraction of sp³-hybridized carbons (Fsp3) is 0.583. The average Bonchev–Trinajstić information content (AvgIpc) is 2.69. The monoisotopic (exact) mass is 224 g/mol. The second-order valence-electron chi connectivity index (χ2n) is 4.64. The van der Waals surface area contributed by atoms with E-state index in [1.807, 2.05) is 12.3 Å². The summed E-state index contributed by atoms with van der Waals surface area (Å²) in [5.41, 5.74) is 1.24. The first-order valence-corrected chi connectivity index (χ1v) is 5.59. The molecule has 0 aromatic carbocycles. The molecule has 1 heterocycles. The van der Waals surface area contributed by atoms with Crippen molar-refractivity contribution in [2.75, 3.05) is 13.1 Å². The molecule has 3 N–H and O–H groups in total. The molecule has 0 amide bonds. The summed E-state index contributed by atoms with van der Waals surface area (Å²) in [7, 11) is 0. The zero-order valence-electron chi connectivity index (χ0n) is 9.92. The molecule has 0 unspecified atom stereocenters. The number of carboxylic acids is 1. The summed E-state index contributed by atoms with van der Waals surface area (Å²) in [6, 6.07) is 4.06. The summed E-state index contributed by atoms with van der Waals surface area (Å²) in [5.74, 6) is -0.731. The van der Waals surface area contributed by atoms with Crippen LogP contribution in [-0.2, 0) is 10.2 Å². The van der Waals surface area contributed by atoms with Gasteiger partial charge in [-0.05, 0) is 25.1 Å². The number of carboxylic acid groups (broad SMARTS) is 1. The van der Waals surface area contributed by atoms with Gasteiger partial charge in [0.25, 0.3) is 0 Å². The van der Waals surface area contributed by atoms with E-state index in [1.54, 1.807) is 0 Å². The van der Waals surface area contributed by atoms with Gasteiger partial charge in [0.15, 0.2) is 0 Å². The molecule has 0 saturated carbocycles. The average molecular weight is 224 g/mol. The minimum atomic E-state index is -0.731. The molecular formula is C12H20N2O2. The Kier molecular flexibility index (Phi) is 4.55. The molecule has 4 heteroatoms. The molecule has 0 saturated heterocycles. The van der Waals surface area contributed by atoms with Crippen LogP contribution in [0.15, 0.2) is 18.3 Å². The quantitative estimate of drug-likeness (QED) is 0.618. The number of aliphatic carboxylic acids is 1. The highest BCUT2D eigenvalue weighted by Gasteiger charge is 2.20. The van der Waals surface area contributed by atoms with E-state index in [1.165, 1.54) is 5.69 Å². The van der Waals surface area contributed by atoms with Gasteiger partial charge in [-0.2, -0.15) is 0 Å². The van der Waals surface area contributed by atoms with E-state index < -0.39 is 5.97 Å². The topological polar surface area (TPSA) is 65.1 Å². The lowest BCUT2D eigenvalue weighted by Crippen LogP contribution is -2.33. The van der Waals surface area contributed by atoms with Crippen LogP contribution in [-0.4, -0.2) is 29.1 Å². The Hall–Kier alpha value is -1.29. The maximum Gasteiger partial charge on any atom is 0.303 e. The van der Waals surface area contributed by atoms with Crippen molar-refractivity contribution in [1.29, 1.82) is 0 Å². The Labute approximate surface area is 96.1 Å². The summed E-state index contributed by atoms with van der Waals surface area (Å²) >= 11 is 0. The number of aromatic amines is 1. The van der Waals surface area contributed by atoms with Crippen LogP contribution in [0.5, 0.6) is 0 Å². The van der Waals surface area contributed by atoms with E-state index in [-0.39, 0.29) is 11.8 Å². The molecule has 0 aliphatic heterocycles. The van der Waals surface area contributed by atoms with Crippen molar-refractivity contribution in [3.8, 4) is 0 Å². The molecule has 4 nitrogen and oxygen atoms in total. The van der Waals surface area contributed by atoms with Crippen LogP contribution in [0.25, 0.3) is 0 Å². The SMILES string of the molecule is CC(C)(CNCCCC(=O)O)c1ccc[nH]1. The summed E-state index contributed by atoms with van der Waals surface area (Å²) < 4.78 is 0. The highest BCUT2D eigenvalue weighted by atomic mass is 16.4. The van der Waals surface area contributed by atoms with Gasteiger partial charge in [0.05, 0.1) is 0 Å². The maximum atomic E-state index is 10.3. The van der Waals surface area contributed by atoms with Gasteiger partial charge in [0.2, 0.25) is 0 Å². The van der Waals surface area contributed by atoms with Crippen LogP contribution < -0.4 is 5.32 Å². The molecule has 0 spiro atoms.